The Morgan fingerprint density at radius 1 is 1.39 bits per heavy atom. The number of hydrogen-bond acceptors (Lipinski definition) is 3. The molecule has 0 aromatic heterocycles. The molecule has 0 aromatic carbocycles. The highest BCUT2D eigenvalue weighted by atomic mass is 16.2. The molecule has 2 N–H and O–H groups in total. The van der Waals surface area contributed by atoms with Crippen LogP contribution in [-0.4, -0.2) is 49.1 Å². The van der Waals surface area contributed by atoms with Crippen LogP contribution in [0, 0.1) is 5.92 Å². The van der Waals surface area contributed by atoms with Gasteiger partial charge in [-0.25, -0.2) is 0 Å². The molecule has 4 nitrogen and oxygen atoms in total. The number of carbonyl (C=O) groups is 1. The predicted molar refractivity (Wildman–Crippen MR) is 73.5 cm³/mol. The molecule has 104 valence electrons. The summed E-state index contributed by atoms with van der Waals surface area (Å²) >= 11 is 0. The van der Waals surface area contributed by atoms with Crippen LogP contribution >= 0.6 is 0 Å². The van der Waals surface area contributed by atoms with E-state index < -0.39 is 0 Å². The van der Waals surface area contributed by atoms with Gasteiger partial charge < -0.3 is 10.6 Å². The molecule has 18 heavy (non-hydrogen) atoms. The number of carbonyl (C=O) groups excluding carboxylic acids is 1. The zero-order valence-corrected chi connectivity index (χ0v) is 11.7. The number of likely N-dealkylation sites (tertiary alicyclic amines) is 1. The average molecular weight is 253 g/mol. The van der Waals surface area contributed by atoms with E-state index in [0.717, 1.165) is 19.5 Å². The second kappa shape index (κ2) is 6.53. The maximum atomic E-state index is 12.1. The molecular formula is C14H27N3O. The molecule has 0 saturated carbocycles. The van der Waals surface area contributed by atoms with Gasteiger partial charge in [-0.2, -0.15) is 0 Å². The van der Waals surface area contributed by atoms with E-state index in [1.807, 2.05) is 0 Å². The van der Waals surface area contributed by atoms with Crippen molar-refractivity contribution in [2.24, 2.45) is 5.92 Å². The lowest BCUT2D eigenvalue weighted by Gasteiger charge is -2.32. The molecule has 0 aromatic rings. The topological polar surface area (TPSA) is 44.4 Å². The molecule has 2 saturated heterocycles. The SMILES string of the molecule is CC1CCNC1C(=O)NCC(C)N1CCCCC1. The summed E-state index contributed by atoms with van der Waals surface area (Å²) in [5.41, 5.74) is 0. The van der Waals surface area contributed by atoms with E-state index in [1.165, 1.54) is 32.4 Å². The minimum atomic E-state index is 0.0264. The number of rotatable bonds is 4. The van der Waals surface area contributed by atoms with Crippen LogP contribution < -0.4 is 10.6 Å². The lowest BCUT2D eigenvalue weighted by atomic mass is 10.0. The Morgan fingerprint density at radius 3 is 2.72 bits per heavy atom. The van der Waals surface area contributed by atoms with Crippen LogP contribution in [0.15, 0.2) is 0 Å². The number of amides is 1. The van der Waals surface area contributed by atoms with Crippen molar-refractivity contribution in [2.75, 3.05) is 26.2 Å². The largest absolute Gasteiger partial charge is 0.353 e. The first-order chi connectivity index (χ1) is 8.68. The fourth-order valence-corrected chi connectivity index (χ4v) is 3.03. The Morgan fingerprint density at radius 2 is 2.11 bits per heavy atom. The van der Waals surface area contributed by atoms with Gasteiger partial charge >= 0.3 is 0 Å². The lowest BCUT2D eigenvalue weighted by Crippen LogP contribution is -2.49. The van der Waals surface area contributed by atoms with E-state index in [1.54, 1.807) is 0 Å². The summed E-state index contributed by atoms with van der Waals surface area (Å²) in [4.78, 5) is 14.5. The monoisotopic (exact) mass is 253 g/mol. The lowest BCUT2D eigenvalue weighted by molar-refractivity contribution is -0.123. The fraction of sp³-hybridized carbons (Fsp3) is 0.929. The van der Waals surface area contributed by atoms with Gasteiger partial charge in [0.2, 0.25) is 5.91 Å². The number of hydrogen-bond donors (Lipinski definition) is 2. The average Bonchev–Trinajstić information content (AvgIpc) is 2.83. The zero-order chi connectivity index (χ0) is 13.0. The Bertz CT molecular complexity index is 276. The maximum Gasteiger partial charge on any atom is 0.237 e. The zero-order valence-electron chi connectivity index (χ0n) is 11.7. The number of piperidine rings is 1. The smallest absolute Gasteiger partial charge is 0.237 e. The number of nitrogens with zero attached hydrogens (tertiary/aromatic N) is 1. The molecule has 0 radical (unpaired) electrons. The second-order valence-electron chi connectivity index (χ2n) is 5.89. The molecule has 2 rings (SSSR count). The molecule has 0 aliphatic carbocycles. The molecule has 3 unspecified atom stereocenters. The highest BCUT2D eigenvalue weighted by Crippen LogP contribution is 2.15. The standard InChI is InChI=1S/C14H27N3O/c1-11-6-7-15-13(11)14(18)16-10-12(2)17-8-4-3-5-9-17/h11-13,15H,3-10H2,1-2H3,(H,16,18). The van der Waals surface area contributed by atoms with Crippen molar-refractivity contribution < 1.29 is 4.79 Å². The summed E-state index contributed by atoms with van der Waals surface area (Å²) in [7, 11) is 0. The Hall–Kier alpha value is -0.610. The van der Waals surface area contributed by atoms with Crippen molar-refractivity contribution in [3.8, 4) is 0 Å². The summed E-state index contributed by atoms with van der Waals surface area (Å²) in [6.45, 7) is 8.50. The van der Waals surface area contributed by atoms with E-state index in [2.05, 4.69) is 29.4 Å². The van der Waals surface area contributed by atoms with Gasteiger partial charge in [0.15, 0.2) is 0 Å². The molecule has 2 aliphatic heterocycles. The van der Waals surface area contributed by atoms with Crippen LogP contribution in [0.2, 0.25) is 0 Å². The van der Waals surface area contributed by atoms with Crippen LogP contribution in [0.5, 0.6) is 0 Å². The van der Waals surface area contributed by atoms with Gasteiger partial charge in [-0.3, -0.25) is 9.69 Å². The molecule has 2 aliphatic rings. The summed E-state index contributed by atoms with van der Waals surface area (Å²) in [5, 5.41) is 6.39. The van der Waals surface area contributed by atoms with Crippen molar-refractivity contribution in [2.45, 2.75) is 51.6 Å². The number of nitrogens with one attached hydrogen (secondary N) is 2. The van der Waals surface area contributed by atoms with Crippen LogP contribution in [0.25, 0.3) is 0 Å². The molecule has 0 bridgehead atoms. The van der Waals surface area contributed by atoms with Gasteiger partial charge in [0.05, 0.1) is 6.04 Å². The summed E-state index contributed by atoms with van der Waals surface area (Å²) in [5.74, 6) is 0.652. The van der Waals surface area contributed by atoms with Crippen LogP contribution in [-0.2, 0) is 4.79 Å². The summed E-state index contributed by atoms with van der Waals surface area (Å²) < 4.78 is 0. The quantitative estimate of drug-likeness (QED) is 0.785. The second-order valence-corrected chi connectivity index (χ2v) is 5.89. The van der Waals surface area contributed by atoms with Crippen molar-refractivity contribution >= 4 is 5.91 Å². The molecule has 4 heteroatoms. The van der Waals surface area contributed by atoms with Crippen LogP contribution in [0.3, 0.4) is 0 Å². The highest BCUT2D eigenvalue weighted by molar-refractivity contribution is 5.82. The molecule has 1 amide bonds. The van der Waals surface area contributed by atoms with Gasteiger partial charge in [0.1, 0.15) is 0 Å². The van der Waals surface area contributed by atoms with Gasteiger partial charge in [-0.1, -0.05) is 13.3 Å². The first-order valence-corrected chi connectivity index (χ1v) is 7.43. The highest BCUT2D eigenvalue weighted by Gasteiger charge is 2.29. The van der Waals surface area contributed by atoms with Crippen LogP contribution in [0.1, 0.15) is 39.5 Å². The van der Waals surface area contributed by atoms with Gasteiger partial charge in [0, 0.05) is 12.6 Å². The third kappa shape index (κ3) is 3.45. The Balaban J connectivity index is 1.71. The van der Waals surface area contributed by atoms with Gasteiger partial charge in [0.25, 0.3) is 0 Å². The van der Waals surface area contributed by atoms with Gasteiger partial charge in [-0.05, 0) is 51.7 Å². The maximum absolute atomic E-state index is 12.1. The molecule has 2 heterocycles. The summed E-state index contributed by atoms with van der Waals surface area (Å²) in [6, 6.07) is 0.490. The molecule has 3 atom stereocenters. The van der Waals surface area contributed by atoms with E-state index in [0.29, 0.717) is 12.0 Å². The Kier molecular flexibility index (Phi) is 5.01. The van der Waals surface area contributed by atoms with E-state index in [4.69, 9.17) is 0 Å². The van der Waals surface area contributed by atoms with E-state index in [9.17, 15) is 4.79 Å². The van der Waals surface area contributed by atoms with E-state index in [-0.39, 0.29) is 11.9 Å². The van der Waals surface area contributed by atoms with Crippen molar-refractivity contribution in [3.05, 3.63) is 0 Å². The van der Waals surface area contributed by atoms with Crippen molar-refractivity contribution in [1.29, 1.82) is 0 Å². The van der Waals surface area contributed by atoms with Crippen molar-refractivity contribution in [1.82, 2.24) is 15.5 Å². The predicted octanol–water partition coefficient (Wildman–Crippen LogP) is 0.975. The Labute approximate surface area is 110 Å². The first kappa shape index (κ1) is 13.8. The van der Waals surface area contributed by atoms with E-state index >= 15 is 0 Å². The van der Waals surface area contributed by atoms with Crippen molar-refractivity contribution in [3.63, 3.8) is 0 Å². The summed E-state index contributed by atoms with van der Waals surface area (Å²) in [6.07, 6.45) is 5.08. The molecular weight excluding hydrogens is 226 g/mol. The van der Waals surface area contributed by atoms with Gasteiger partial charge in [-0.15, -0.1) is 0 Å². The fourth-order valence-electron chi connectivity index (χ4n) is 3.03. The minimum Gasteiger partial charge on any atom is -0.353 e. The third-order valence-electron chi connectivity index (χ3n) is 4.40. The normalized spacial score (nSPS) is 31.2. The van der Waals surface area contributed by atoms with Crippen LogP contribution in [0.4, 0.5) is 0 Å². The molecule has 2 fully saturated rings. The first-order valence-electron chi connectivity index (χ1n) is 7.43. The molecule has 0 spiro atoms. The minimum absolute atomic E-state index is 0.0264. The third-order valence-corrected chi connectivity index (χ3v) is 4.40.